The summed E-state index contributed by atoms with van der Waals surface area (Å²) in [7, 11) is 0. The van der Waals surface area contributed by atoms with E-state index in [9.17, 15) is 9.59 Å². The molecular weight excluding hydrogens is 262 g/mol. The van der Waals surface area contributed by atoms with E-state index in [4.69, 9.17) is 5.11 Å². The third kappa shape index (κ3) is 3.80. The molecule has 1 aliphatic carbocycles. The largest absolute Gasteiger partial charge is 0.481 e. The van der Waals surface area contributed by atoms with Gasteiger partial charge in [-0.15, -0.1) is 11.3 Å². The second-order valence-electron chi connectivity index (χ2n) is 5.18. The van der Waals surface area contributed by atoms with Crippen molar-refractivity contribution >= 4 is 23.2 Å². The lowest BCUT2D eigenvalue weighted by atomic mass is 9.82. The molecule has 1 aliphatic rings. The second-order valence-corrected chi connectivity index (χ2v) is 6.46. The lowest BCUT2D eigenvalue weighted by Crippen LogP contribution is -2.32. The van der Waals surface area contributed by atoms with Crippen molar-refractivity contribution in [1.82, 2.24) is 5.32 Å². The van der Waals surface area contributed by atoms with E-state index < -0.39 is 5.97 Å². The van der Waals surface area contributed by atoms with Crippen LogP contribution in [0.15, 0.2) is 12.1 Å². The van der Waals surface area contributed by atoms with E-state index in [0.717, 1.165) is 35.4 Å². The monoisotopic (exact) mass is 281 g/mol. The van der Waals surface area contributed by atoms with E-state index in [1.807, 2.05) is 19.1 Å². The number of amides is 1. The normalized spacial score (nSPS) is 23.0. The van der Waals surface area contributed by atoms with Gasteiger partial charge in [-0.3, -0.25) is 9.59 Å². The Morgan fingerprint density at radius 1 is 1.32 bits per heavy atom. The fourth-order valence-corrected chi connectivity index (χ4v) is 3.28. The number of thiophene rings is 1. The molecule has 4 nitrogen and oxygen atoms in total. The molecule has 0 atom stereocenters. The van der Waals surface area contributed by atoms with Crippen molar-refractivity contribution in [2.45, 2.75) is 32.6 Å². The lowest BCUT2D eigenvalue weighted by molar-refractivity contribution is -0.143. The molecule has 0 aromatic carbocycles. The molecule has 0 radical (unpaired) electrons. The van der Waals surface area contributed by atoms with Gasteiger partial charge in [0.05, 0.1) is 10.8 Å². The number of hydrogen-bond acceptors (Lipinski definition) is 3. The van der Waals surface area contributed by atoms with Crippen molar-refractivity contribution in [3.63, 3.8) is 0 Å². The average molecular weight is 281 g/mol. The highest BCUT2D eigenvalue weighted by Gasteiger charge is 2.26. The number of carbonyl (C=O) groups excluding carboxylic acids is 1. The van der Waals surface area contributed by atoms with Gasteiger partial charge in [0, 0.05) is 11.4 Å². The first kappa shape index (κ1) is 14.1. The van der Waals surface area contributed by atoms with Crippen molar-refractivity contribution in [3.8, 4) is 0 Å². The number of aryl methyl sites for hydroxylation is 1. The number of carboxylic acid groups (broad SMARTS) is 1. The number of aliphatic carboxylic acids is 1. The third-order valence-corrected chi connectivity index (χ3v) is 4.71. The first-order chi connectivity index (χ1) is 9.06. The van der Waals surface area contributed by atoms with Gasteiger partial charge in [-0.05, 0) is 50.7 Å². The zero-order valence-electron chi connectivity index (χ0n) is 11.0. The maximum atomic E-state index is 11.9. The zero-order valence-corrected chi connectivity index (χ0v) is 11.8. The van der Waals surface area contributed by atoms with Gasteiger partial charge < -0.3 is 10.4 Å². The summed E-state index contributed by atoms with van der Waals surface area (Å²) in [6.07, 6.45) is 3.24. The standard InChI is InChI=1S/C14H19NO3S/c1-9-2-7-12(19-9)13(16)15-8-10-3-5-11(6-4-10)14(17)18/h2,7,10-11H,3-6,8H2,1H3,(H,15,16)(H,17,18). The molecule has 0 aliphatic heterocycles. The Balaban J connectivity index is 1.75. The van der Waals surface area contributed by atoms with Gasteiger partial charge in [-0.2, -0.15) is 0 Å². The summed E-state index contributed by atoms with van der Waals surface area (Å²) in [6, 6.07) is 3.79. The van der Waals surface area contributed by atoms with Crippen molar-refractivity contribution in [2.24, 2.45) is 11.8 Å². The summed E-state index contributed by atoms with van der Waals surface area (Å²) in [5, 5.41) is 11.9. The van der Waals surface area contributed by atoms with Crippen LogP contribution in [-0.4, -0.2) is 23.5 Å². The average Bonchev–Trinajstić information content (AvgIpc) is 2.83. The highest BCUT2D eigenvalue weighted by atomic mass is 32.1. The molecule has 1 saturated carbocycles. The molecule has 0 spiro atoms. The molecule has 5 heteroatoms. The Morgan fingerprint density at radius 3 is 2.53 bits per heavy atom. The smallest absolute Gasteiger partial charge is 0.306 e. The summed E-state index contributed by atoms with van der Waals surface area (Å²) >= 11 is 1.50. The molecule has 19 heavy (non-hydrogen) atoms. The first-order valence-electron chi connectivity index (χ1n) is 6.63. The third-order valence-electron chi connectivity index (χ3n) is 3.71. The van der Waals surface area contributed by atoms with Gasteiger partial charge in [0.2, 0.25) is 0 Å². The Kier molecular flexibility index (Phi) is 4.58. The van der Waals surface area contributed by atoms with Crippen LogP contribution in [0.1, 0.15) is 40.2 Å². The molecule has 1 amide bonds. The van der Waals surface area contributed by atoms with Gasteiger partial charge in [-0.25, -0.2) is 0 Å². The topological polar surface area (TPSA) is 66.4 Å². The highest BCUT2D eigenvalue weighted by molar-refractivity contribution is 7.13. The van der Waals surface area contributed by atoms with E-state index in [2.05, 4.69) is 5.32 Å². The Bertz CT molecular complexity index is 461. The number of hydrogen-bond donors (Lipinski definition) is 2. The maximum Gasteiger partial charge on any atom is 0.306 e. The minimum atomic E-state index is -0.684. The highest BCUT2D eigenvalue weighted by Crippen LogP contribution is 2.28. The fourth-order valence-electron chi connectivity index (χ4n) is 2.49. The Labute approximate surface area is 116 Å². The van der Waals surface area contributed by atoms with E-state index in [1.165, 1.54) is 11.3 Å². The minimum Gasteiger partial charge on any atom is -0.481 e. The predicted molar refractivity (Wildman–Crippen MR) is 74.5 cm³/mol. The van der Waals surface area contributed by atoms with Crippen molar-refractivity contribution < 1.29 is 14.7 Å². The number of carbonyl (C=O) groups is 2. The van der Waals surface area contributed by atoms with E-state index >= 15 is 0 Å². The van der Waals surface area contributed by atoms with Crippen molar-refractivity contribution in [3.05, 3.63) is 21.9 Å². The summed E-state index contributed by atoms with van der Waals surface area (Å²) < 4.78 is 0. The van der Waals surface area contributed by atoms with E-state index in [0.29, 0.717) is 12.5 Å². The van der Waals surface area contributed by atoms with Crippen molar-refractivity contribution in [1.29, 1.82) is 0 Å². The van der Waals surface area contributed by atoms with Gasteiger partial charge in [-0.1, -0.05) is 0 Å². The molecule has 1 aromatic rings. The second kappa shape index (κ2) is 6.19. The molecule has 104 valence electrons. The van der Waals surface area contributed by atoms with Gasteiger partial charge in [0.15, 0.2) is 0 Å². The van der Waals surface area contributed by atoms with E-state index in [1.54, 1.807) is 0 Å². The van der Waals surface area contributed by atoms with Crippen LogP contribution in [0.5, 0.6) is 0 Å². The molecular formula is C14H19NO3S. The summed E-state index contributed by atoms with van der Waals surface area (Å²) in [5.41, 5.74) is 0. The fraction of sp³-hybridized carbons (Fsp3) is 0.571. The van der Waals surface area contributed by atoms with Gasteiger partial charge >= 0.3 is 5.97 Å². The SMILES string of the molecule is Cc1ccc(C(=O)NCC2CCC(C(=O)O)CC2)s1. The quantitative estimate of drug-likeness (QED) is 0.891. The zero-order chi connectivity index (χ0) is 13.8. The molecule has 1 aromatic heterocycles. The molecule has 1 heterocycles. The summed E-state index contributed by atoms with van der Waals surface area (Å²) in [6.45, 7) is 2.64. The summed E-state index contributed by atoms with van der Waals surface area (Å²) in [5.74, 6) is -0.470. The molecule has 0 unspecified atom stereocenters. The van der Waals surface area contributed by atoms with Crippen LogP contribution in [-0.2, 0) is 4.79 Å². The predicted octanol–water partition coefficient (Wildman–Crippen LogP) is 2.68. The molecule has 1 fully saturated rings. The number of carboxylic acids is 1. The molecule has 2 rings (SSSR count). The summed E-state index contributed by atoms with van der Waals surface area (Å²) in [4.78, 5) is 24.6. The van der Waals surface area contributed by atoms with Crippen LogP contribution >= 0.6 is 11.3 Å². The van der Waals surface area contributed by atoms with Crippen LogP contribution in [0.25, 0.3) is 0 Å². The van der Waals surface area contributed by atoms with Crippen LogP contribution < -0.4 is 5.32 Å². The van der Waals surface area contributed by atoms with Crippen LogP contribution in [0, 0.1) is 18.8 Å². The van der Waals surface area contributed by atoms with Gasteiger partial charge in [0.1, 0.15) is 0 Å². The Morgan fingerprint density at radius 2 is 2.00 bits per heavy atom. The maximum absolute atomic E-state index is 11.9. The van der Waals surface area contributed by atoms with Gasteiger partial charge in [0.25, 0.3) is 5.91 Å². The van der Waals surface area contributed by atoms with Crippen LogP contribution in [0.2, 0.25) is 0 Å². The van der Waals surface area contributed by atoms with Crippen LogP contribution in [0.3, 0.4) is 0 Å². The van der Waals surface area contributed by atoms with Crippen LogP contribution in [0.4, 0.5) is 0 Å². The molecule has 0 bridgehead atoms. The van der Waals surface area contributed by atoms with Crippen molar-refractivity contribution in [2.75, 3.05) is 6.54 Å². The van der Waals surface area contributed by atoms with E-state index in [-0.39, 0.29) is 11.8 Å². The minimum absolute atomic E-state index is 0.0153. The molecule has 0 saturated heterocycles. The lowest BCUT2D eigenvalue weighted by Gasteiger charge is -2.26. The first-order valence-corrected chi connectivity index (χ1v) is 7.45. The molecule has 2 N–H and O–H groups in total. The Hall–Kier alpha value is -1.36. The number of rotatable bonds is 4. The number of nitrogens with one attached hydrogen (secondary N) is 1.